The van der Waals surface area contributed by atoms with Gasteiger partial charge in [-0.05, 0) is 53.9 Å². The lowest BCUT2D eigenvalue weighted by Crippen LogP contribution is -2.69. The molecule has 7 nitrogen and oxygen atoms in total. The number of fused-ring (bicyclic) bond motifs is 1. The van der Waals surface area contributed by atoms with Crippen molar-refractivity contribution in [3.8, 4) is 17.2 Å². The van der Waals surface area contributed by atoms with Crippen LogP contribution in [0.5, 0.6) is 17.2 Å². The van der Waals surface area contributed by atoms with Crippen LogP contribution in [0, 0.1) is 0 Å². The lowest BCUT2D eigenvalue weighted by molar-refractivity contribution is -0.401. The molecule has 2 aliphatic rings. The van der Waals surface area contributed by atoms with Gasteiger partial charge in [0.2, 0.25) is 18.4 Å². The molecule has 0 spiro atoms. The van der Waals surface area contributed by atoms with Crippen LogP contribution in [-0.2, 0) is 11.2 Å². The second-order valence-electron chi connectivity index (χ2n) is 8.31. The highest BCUT2D eigenvalue weighted by Crippen LogP contribution is 2.54. The van der Waals surface area contributed by atoms with Crippen LogP contribution in [0.2, 0.25) is 0 Å². The third-order valence-electron chi connectivity index (χ3n) is 5.96. The van der Waals surface area contributed by atoms with E-state index in [4.69, 9.17) is 14.2 Å². The number of hydrogen-bond acceptors (Lipinski definition) is 6. The number of nitrogens with zero attached hydrogens (tertiary/aromatic N) is 2. The molecule has 1 atom stereocenters. The van der Waals surface area contributed by atoms with E-state index >= 15 is 0 Å². The number of hydrogen-bond donors (Lipinski definition) is 1. The first-order chi connectivity index (χ1) is 17.2. The Morgan fingerprint density at radius 2 is 1.70 bits per heavy atom. The van der Waals surface area contributed by atoms with Gasteiger partial charge in [0.15, 0.2) is 11.5 Å². The second kappa shape index (κ2) is 9.08. The fraction of sp³-hybridized carbons (Fsp3) is 0.391. The molecule has 0 fully saturated rings. The van der Waals surface area contributed by atoms with E-state index < -0.39 is 48.2 Å². The van der Waals surface area contributed by atoms with E-state index in [0.29, 0.717) is 22.8 Å². The summed E-state index contributed by atoms with van der Waals surface area (Å²) in [6.07, 6.45) is -9.03. The number of carbonyl (C=O) groups excluding carboxylic acids is 1. The van der Waals surface area contributed by atoms with Crippen molar-refractivity contribution in [1.29, 1.82) is 0 Å². The van der Waals surface area contributed by atoms with Crippen LogP contribution in [-0.4, -0.2) is 59.4 Å². The molecular weight excluding hydrogens is 517 g/mol. The molecule has 14 heteroatoms. The summed E-state index contributed by atoms with van der Waals surface area (Å²) >= 11 is 0. The molecule has 37 heavy (non-hydrogen) atoms. The van der Waals surface area contributed by atoms with Crippen LogP contribution >= 0.6 is 0 Å². The third-order valence-corrected chi connectivity index (χ3v) is 5.96. The Balaban J connectivity index is 1.66. The Morgan fingerprint density at radius 3 is 2.32 bits per heavy atom. The lowest BCUT2D eigenvalue weighted by atomic mass is 9.91. The molecular formula is C23H19F7N2O5. The van der Waals surface area contributed by atoms with Crippen LogP contribution in [0.3, 0.4) is 0 Å². The molecule has 2 heterocycles. The highest BCUT2D eigenvalue weighted by Gasteiger charge is 2.82. The maximum Gasteiger partial charge on any atom is 0.460 e. The van der Waals surface area contributed by atoms with Crippen molar-refractivity contribution in [2.75, 3.05) is 13.9 Å². The molecule has 2 aromatic rings. The quantitative estimate of drug-likeness (QED) is 0.527. The van der Waals surface area contributed by atoms with E-state index in [1.54, 1.807) is 0 Å². The van der Waals surface area contributed by atoms with E-state index in [2.05, 4.69) is 5.10 Å². The van der Waals surface area contributed by atoms with Gasteiger partial charge in [-0.3, -0.25) is 4.79 Å². The van der Waals surface area contributed by atoms with Gasteiger partial charge in [0.05, 0.1) is 12.8 Å². The number of rotatable bonds is 7. The average molecular weight is 536 g/mol. The number of ether oxygens (including phenoxy) is 3. The van der Waals surface area contributed by atoms with E-state index in [1.165, 1.54) is 49.6 Å². The molecule has 2 aliphatic heterocycles. The molecule has 0 aliphatic carbocycles. The largest absolute Gasteiger partial charge is 0.497 e. The number of aryl methyl sites for hydroxylation is 1. The van der Waals surface area contributed by atoms with Gasteiger partial charge in [-0.2, -0.15) is 40.8 Å². The molecule has 0 saturated heterocycles. The van der Waals surface area contributed by atoms with Crippen LogP contribution in [0.1, 0.15) is 24.0 Å². The minimum Gasteiger partial charge on any atom is -0.497 e. The molecule has 4 rings (SSSR count). The Hall–Kier alpha value is -3.55. The first-order valence-electron chi connectivity index (χ1n) is 10.7. The summed E-state index contributed by atoms with van der Waals surface area (Å²) in [6.45, 7) is -0.0378. The summed E-state index contributed by atoms with van der Waals surface area (Å²) in [4.78, 5) is 12.9. The van der Waals surface area contributed by atoms with E-state index in [0.717, 1.165) is 0 Å². The Bertz CT molecular complexity index is 1220. The first kappa shape index (κ1) is 26.5. The van der Waals surface area contributed by atoms with Gasteiger partial charge in [-0.1, -0.05) is 6.07 Å². The number of halogens is 7. The predicted octanol–water partition coefficient (Wildman–Crippen LogP) is 4.51. The summed E-state index contributed by atoms with van der Waals surface area (Å²) < 4.78 is 112. The van der Waals surface area contributed by atoms with Crippen LogP contribution in [0.4, 0.5) is 30.7 Å². The molecule has 0 bridgehead atoms. The van der Waals surface area contributed by atoms with Crippen molar-refractivity contribution in [2.24, 2.45) is 5.10 Å². The lowest BCUT2D eigenvalue weighted by Gasteiger charge is -2.41. The molecule has 200 valence electrons. The molecule has 0 saturated carbocycles. The molecule has 0 unspecified atom stereocenters. The minimum atomic E-state index is -6.73. The Labute approximate surface area is 205 Å². The standard InChI is InChI=1S/C23H19F7N2O5/c1-35-15-6-4-14(5-7-15)16-11-20(34,21(24,25)22(26,27)23(28,29)30)32(31-16)19(33)9-3-13-2-8-17-18(10-13)37-12-36-17/h2,4-8,10,34H,3,9,11-12H2,1H3/t20-/m1/s1. The highest BCUT2D eigenvalue weighted by molar-refractivity contribution is 6.03. The van der Waals surface area contributed by atoms with Crippen molar-refractivity contribution >= 4 is 11.6 Å². The number of amides is 1. The van der Waals surface area contributed by atoms with Gasteiger partial charge in [0.25, 0.3) is 0 Å². The fourth-order valence-corrected chi connectivity index (χ4v) is 3.88. The Kier molecular flexibility index (Phi) is 6.51. The molecule has 2 aromatic carbocycles. The molecule has 0 radical (unpaired) electrons. The van der Waals surface area contributed by atoms with E-state index in [-0.39, 0.29) is 23.8 Å². The maximum absolute atomic E-state index is 14.9. The summed E-state index contributed by atoms with van der Waals surface area (Å²) in [5.74, 6) is -13.2. The van der Waals surface area contributed by atoms with Crippen LogP contribution < -0.4 is 14.2 Å². The van der Waals surface area contributed by atoms with Crippen molar-refractivity contribution < 1.29 is 54.8 Å². The zero-order chi connectivity index (χ0) is 27.2. The fourth-order valence-electron chi connectivity index (χ4n) is 3.88. The van der Waals surface area contributed by atoms with Gasteiger partial charge in [0, 0.05) is 12.8 Å². The number of methoxy groups -OCH3 is 1. The summed E-state index contributed by atoms with van der Waals surface area (Å²) in [7, 11) is 1.33. The van der Waals surface area contributed by atoms with Crippen LogP contribution in [0.25, 0.3) is 0 Å². The highest BCUT2D eigenvalue weighted by atomic mass is 19.4. The number of benzene rings is 2. The third kappa shape index (κ3) is 4.43. The number of alkyl halides is 7. The zero-order valence-electron chi connectivity index (χ0n) is 19.0. The van der Waals surface area contributed by atoms with E-state index in [1.807, 2.05) is 0 Å². The van der Waals surface area contributed by atoms with E-state index in [9.17, 15) is 40.6 Å². The SMILES string of the molecule is COc1ccc(C2=NN(C(=O)CCc3ccc4c(c3)OCO4)[C@](O)(C(F)(F)C(F)(F)C(F)(F)F)C2)cc1. The second-order valence-corrected chi connectivity index (χ2v) is 8.31. The summed E-state index contributed by atoms with van der Waals surface area (Å²) in [6, 6.07) is 9.76. The normalized spacial score (nSPS) is 19.7. The van der Waals surface area contributed by atoms with Gasteiger partial charge < -0.3 is 19.3 Å². The van der Waals surface area contributed by atoms with Crippen molar-refractivity contribution in [3.05, 3.63) is 53.6 Å². The minimum absolute atomic E-state index is 0.00331. The van der Waals surface area contributed by atoms with Gasteiger partial charge in [0.1, 0.15) is 5.75 Å². The van der Waals surface area contributed by atoms with Gasteiger partial charge >= 0.3 is 18.0 Å². The number of aliphatic hydroxyl groups is 1. The predicted molar refractivity (Wildman–Crippen MR) is 113 cm³/mol. The van der Waals surface area contributed by atoms with Crippen molar-refractivity contribution in [2.45, 2.75) is 43.0 Å². The zero-order valence-corrected chi connectivity index (χ0v) is 19.0. The summed E-state index contributed by atoms with van der Waals surface area (Å²) in [5.41, 5.74) is -4.37. The average Bonchev–Trinajstić information content (AvgIpc) is 3.46. The van der Waals surface area contributed by atoms with Gasteiger partial charge in [-0.25, -0.2) is 0 Å². The number of hydrazone groups is 1. The topological polar surface area (TPSA) is 80.6 Å². The Morgan fingerprint density at radius 1 is 1.05 bits per heavy atom. The van der Waals surface area contributed by atoms with Crippen LogP contribution in [0.15, 0.2) is 47.6 Å². The number of carbonyl (C=O) groups is 1. The van der Waals surface area contributed by atoms with Crippen molar-refractivity contribution in [1.82, 2.24) is 5.01 Å². The maximum atomic E-state index is 14.9. The van der Waals surface area contributed by atoms with Gasteiger partial charge in [-0.15, -0.1) is 0 Å². The van der Waals surface area contributed by atoms with Crippen molar-refractivity contribution in [3.63, 3.8) is 0 Å². The monoisotopic (exact) mass is 536 g/mol. The molecule has 1 N–H and O–H groups in total. The molecule has 0 aromatic heterocycles. The first-order valence-corrected chi connectivity index (χ1v) is 10.7. The molecule has 1 amide bonds. The smallest absolute Gasteiger partial charge is 0.460 e. The summed E-state index contributed by atoms with van der Waals surface area (Å²) in [5, 5.41) is 13.9.